The van der Waals surface area contributed by atoms with Gasteiger partial charge in [-0.1, -0.05) is 20.8 Å². The number of nitro groups is 1. The second kappa shape index (κ2) is 7.01. The Morgan fingerprint density at radius 1 is 1.43 bits per heavy atom. The zero-order valence-corrected chi connectivity index (χ0v) is 12.9. The number of hydrogen-bond donors (Lipinski definition) is 2. The molecule has 2 N–H and O–H groups in total. The average Bonchev–Trinajstić information content (AvgIpc) is 2.37. The van der Waals surface area contributed by atoms with E-state index in [0.29, 0.717) is 18.9 Å². The summed E-state index contributed by atoms with van der Waals surface area (Å²) in [6.45, 7) is 9.20. The third kappa shape index (κ3) is 5.37. The summed E-state index contributed by atoms with van der Waals surface area (Å²) in [5, 5.41) is 16.5. The summed E-state index contributed by atoms with van der Waals surface area (Å²) in [4.78, 5) is 26.4. The molecule has 1 heterocycles. The molecule has 0 saturated carbocycles. The highest BCUT2D eigenvalue weighted by molar-refractivity contribution is 5.99. The number of anilines is 1. The Bertz CT molecular complexity index is 523. The van der Waals surface area contributed by atoms with Crippen LogP contribution in [0.4, 0.5) is 11.5 Å². The lowest BCUT2D eigenvalue weighted by atomic mass is 9.92. The van der Waals surface area contributed by atoms with E-state index in [1.807, 2.05) is 6.92 Å². The highest BCUT2D eigenvalue weighted by Crippen LogP contribution is 2.20. The molecule has 1 aromatic rings. The zero-order chi connectivity index (χ0) is 16.0. The fourth-order valence-electron chi connectivity index (χ4n) is 1.68. The highest BCUT2D eigenvalue weighted by Gasteiger charge is 2.18. The van der Waals surface area contributed by atoms with Crippen molar-refractivity contribution in [3.8, 4) is 0 Å². The Morgan fingerprint density at radius 2 is 2.10 bits per heavy atom. The van der Waals surface area contributed by atoms with Crippen molar-refractivity contribution in [1.29, 1.82) is 0 Å². The summed E-state index contributed by atoms with van der Waals surface area (Å²) in [5.41, 5.74) is 0.108. The molecule has 0 aromatic carbocycles. The molecule has 0 bridgehead atoms. The number of nitrogens with zero attached hydrogens (tertiary/aromatic N) is 2. The monoisotopic (exact) mass is 294 g/mol. The molecular formula is C14H22N4O3. The lowest BCUT2D eigenvalue weighted by Crippen LogP contribution is -2.28. The van der Waals surface area contributed by atoms with Gasteiger partial charge in [0.05, 0.1) is 10.5 Å². The van der Waals surface area contributed by atoms with Gasteiger partial charge in [0.15, 0.2) is 0 Å². The fourth-order valence-corrected chi connectivity index (χ4v) is 1.68. The number of hydrogen-bond acceptors (Lipinski definition) is 5. The SMILES string of the molecule is CCNc1ncc([N+](=O)[O-])cc1C(=O)NCCC(C)(C)C. The molecule has 116 valence electrons. The van der Waals surface area contributed by atoms with E-state index in [9.17, 15) is 14.9 Å². The van der Waals surface area contributed by atoms with Crippen molar-refractivity contribution in [2.45, 2.75) is 34.1 Å². The van der Waals surface area contributed by atoms with Gasteiger partial charge in [0.1, 0.15) is 12.0 Å². The van der Waals surface area contributed by atoms with Crippen LogP contribution in [-0.2, 0) is 0 Å². The lowest BCUT2D eigenvalue weighted by molar-refractivity contribution is -0.385. The third-order valence-electron chi connectivity index (χ3n) is 2.83. The molecule has 7 heteroatoms. The normalized spacial score (nSPS) is 11.0. The first kappa shape index (κ1) is 16.9. The van der Waals surface area contributed by atoms with Crippen LogP contribution in [0.25, 0.3) is 0 Å². The van der Waals surface area contributed by atoms with Gasteiger partial charge in [-0.15, -0.1) is 0 Å². The first-order valence-electron chi connectivity index (χ1n) is 6.91. The molecule has 1 aromatic heterocycles. The number of carbonyl (C=O) groups is 1. The topological polar surface area (TPSA) is 97.2 Å². The van der Waals surface area contributed by atoms with Gasteiger partial charge >= 0.3 is 0 Å². The van der Waals surface area contributed by atoms with Crippen LogP contribution in [0.15, 0.2) is 12.3 Å². The van der Waals surface area contributed by atoms with E-state index >= 15 is 0 Å². The summed E-state index contributed by atoms with van der Waals surface area (Å²) in [6.07, 6.45) is 1.96. The highest BCUT2D eigenvalue weighted by atomic mass is 16.6. The second-order valence-electron chi connectivity index (χ2n) is 5.94. The predicted octanol–water partition coefficient (Wildman–Crippen LogP) is 2.59. The molecule has 0 aliphatic heterocycles. The van der Waals surface area contributed by atoms with Crippen LogP contribution < -0.4 is 10.6 Å². The molecule has 1 rings (SSSR count). The quantitative estimate of drug-likeness (QED) is 0.621. The molecule has 0 aliphatic rings. The van der Waals surface area contributed by atoms with Gasteiger partial charge in [0.2, 0.25) is 0 Å². The van der Waals surface area contributed by atoms with Crippen molar-refractivity contribution in [3.05, 3.63) is 27.9 Å². The van der Waals surface area contributed by atoms with Crippen LogP contribution in [-0.4, -0.2) is 28.9 Å². The number of amides is 1. The Morgan fingerprint density at radius 3 is 2.62 bits per heavy atom. The Kier molecular flexibility index (Phi) is 5.63. The Balaban J connectivity index is 2.89. The average molecular weight is 294 g/mol. The number of aromatic nitrogens is 1. The molecule has 0 spiro atoms. The maximum Gasteiger partial charge on any atom is 0.288 e. The minimum absolute atomic E-state index is 0.110. The minimum Gasteiger partial charge on any atom is -0.370 e. The van der Waals surface area contributed by atoms with Crippen molar-refractivity contribution in [2.24, 2.45) is 5.41 Å². The van der Waals surface area contributed by atoms with Gasteiger partial charge in [-0.2, -0.15) is 0 Å². The van der Waals surface area contributed by atoms with Crippen LogP contribution in [0.5, 0.6) is 0 Å². The third-order valence-corrected chi connectivity index (χ3v) is 2.83. The van der Waals surface area contributed by atoms with Crippen LogP contribution >= 0.6 is 0 Å². The summed E-state index contributed by atoms with van der Waals surface area (Å²) >= 11 is 0. The van der Waals surface area contributed by atoms with Gasteiger partial charge < -0.3 is 10.6 Å². The molecule has 0 radical (unpaired) electrons. The summed E-state index contributed by atoms with van der Waals surface area (Å²) in [7, 11) is 0. The maximum absolute atomic E-state index is 12.2. The predicted molar refractivity (Wildman–Crippen MR) is 81.5 cm³/mol. The molecule has 0 aliphatic carbocycles. The van der Waals surface area contributed by atoms with E-state index in [4.69, 9.17) is 0 Å². The molecule has 0 saturated heterocycles. The second-order valence-corrected chi connectivity index (χ2v) is 5.94. The number of rotatable bonds is 6. The van der Waals surface area contributed by atoms with Crippen molar-refractivity contribution in [3.63, 3.8) is 0 Å². The minimum atomic E-state index is -0.561. The molecule has 0 unspecified atom stereocenters. The number of nitrogens with one attached hydrogen (secondary N) is 2. The van der Waals surface area contributed by atoms with Crippen molar-refractivity contribution >= 4 is 17.4 Å². The molecule has 21 heavy (non-hydrogen) atoms. The summed E-state index contributed by atoms with van der Waals surface area (Å²) in [5.74, 6) is 0.00255. The van der Waals surface area contributed by atoms with E-state index in [2.05, 4.69) is 36.4 Å². The molecular weight excluding hydrogens is 272 g/mol. The Hall–Kier alpha value is -2.18. The van der Waals surface area contributed by atoms with Crippen molar-refractivity contribution in [1.82, 2.24) is 10.3 Å². The zero-order valence-electron chi connectivity index (χ0n) is 12.9. The number of carbonyl (C=O) groups excluding carboxylic acids is 1. The van der Waals surface area contributed by atoms with Gasteiger partial charge in [-0.05, 0) is 18.8 Å². The first-order chi connectivity index (χ1) is 9.74. The fraction of sp³-hybridized carbons (Fsp3) is 0.571. The van der Waals surface area contributed by atoms with E-state index < -0.39 is 4.92 Å². The van der Waals surface area contributed by atoms with Gasteiger partial charge in [0.25, 0.3) is 11.6 Å². The summed E-state index contributed by atoms with van der Waals surface area (Å²) in [6, 6.07) is 1.25. The van der Waals surface area contributed by atoms with Crippen LogP contribution in [0, 0.1) is 15.5 Å². The van der Waals surface area contributed by atoms with Gasteiger partial charge in [-0.3, -0.25) is 14.9 Å². The molecule has 0 fully saturated rings. The van der Waals surface area contributed by atoms with E-state index in [0.717, 1.165) is 12.6 Å². The van der Waals surface area contributed by atoms with Gasteiger partial charge in [0, 0.05) is 19.2 Å². The molecule has 1 amide bonds. The summed E-state index contributed by atoms with van der Waals surface area (Å²) < 4.78 is 0. The Labute approximate surface area is 124 Å². The lowest BCUT2D eigenvalue weighted by Gasteiger charge is -2.18. The molecule has 0 atom stereocenters. The van der Waals surface area contributed by atoms with E-state index in [1.165, 1.54) is 6.07 Å². The maximum atomic E-state index is 12.2. The van der Waals surface area contributed by atoms with Crippen molar-refractivity contribution < 1.29 is 9.72 Å². The van der Waals surface area contributed by atoms with E-state index in [1.54, 1.807) is 0 Å². The molecule has 7 nitrogen and oxygen atoms in total. The van der Waals surface area contributed by atoms with Gasteiger partial charge in [-0.25, -0.2) is 4.98 Å². The smallest absolute Gasteiger partial charge is 0.288 e. The van der Waals surface area contributed by atoms with Crippen molar-refractivity contribution in [2.75, 3.05) is 18.4 Å². The standard InChI is InChI=1S/C14H22N4O3/c1-5-15-12-11(8-10(9-17-12)18(20)21)13(19)16-7-6-14(2,3)4/h8-9H,5-7H2,1-4H3,(H,15,17)(H,16,19). The largest absolute Gasteiger partial charge is 0.370 e. The van der Waals surface area contributed by atoms with E-state index in [-0.39, 0.29) is 22.6 Å². The number of pyridine rings is 1. The van der Waals surface area contributed by atoms with Crippen LogP contribution in [0.2, 0.25) is 0 Å². The van der Waals surface area contributed by atoms with Crippen LogP contribution in [0.3, 0.4) is 0 Å². The first-order valence-corrected chi connectivity index (χ1v) is 6.91. The van der Waals surface area contributed by atoms with Crippen LogP contribution in [0.1, 0.15) is 44.5 Å².